The van der Waals surface area contributed by atoms with E-state index in [2.05, 4.69) is 33.9 Å². The van der Waals surface area contributed by atoms with Crippen molar-refractivity contribution in [2.45, 2.75) is 160 Å². The second kappa shape index (κ2) is 23.3. The van der Waals surface area contributed by atoms with Gasteiger partial charge in [-0.1, -0.05) is 104 Å². The molecule has 12 nitrogen and oxygen atoms in total. The lowest BCUT2D eigenvalue weighted by atomic mass is 9.94. The van der Waals surface area contributed by atoms with Crippen molar-refractivity contribution in [3.8, 4) is 0 Å². The summed E-state index contributed by atoms with van der Waals surface area (Å²) in [5.41, 5.74) is 4.83. The van der Waals surface area contributed by atoms with Crippen molar-refractivity contribution in [2.75, 3.05) is 18.9 Å². The van der Waals surface area contributed by atoms with Crippen LogP contribution in [0.3, 0.4) is 0 Å². The number of imidazole rings is 1. The predicted octanol–water partition coefficient (Wildman–Crippen LogP) is 8.91. The summed E-state index contributed by atoms with van der Waals surface area (Å²) in [4.78, 5) is 25.0. The second-order valence-corrected chi connectivity index (χ2v) is 16.6. The molecular weight excluding hydrogens is 748 g/mol. The summed E-state index contributed by atoms with van der Waals surface area (Å²) in [6, 6.07) is 1.72. The van der Waals surface area contributed by atoms with Crippen LogP contribution in [-0.4, -0.2) is 61.6 Å². The van der Waals surface area contributed by atoms with Crippen molar-refractivity contribution in [1.82, 2.24) is 24.6 Å². The Bertz CT molecular complexity index is 1650. The first-order valence-electron chi connectivity index (χ1n) is 20.5. The molecule has 1 aliphatic rings. The van der Waals surface area contributed by atoms with E-state index in [9.17, 15) is 27.6 Å². The number of nitrogens with zero attached hydrogens (tertiary/aromatic N) is 4. The highest BCUT2D eigenvalue weighted by atomic mass is 31.1. The van der Waals surface area contributed by atoms with Crippen LogP contribution in [-0.2, 0) is 29.8 Å². The Hall–Kier alpha value is -3.10. The summed E-state index contributed by atoms with van der Waals surface area (Å²) in [7, 11) is -3.21. The van der Waals surface area contributed by atoms with E-state index in [1.165, 1.54) is 75.1 Å². The molecule has 1 saturated heterocycles. The normalized spacial score (nSPS) is 19.6. The number of carbonyl (C=O) groups is 1. The molecule has 0 saturated carbocycles. The molecule has 4 N–H and O–H groups in total. The molecule has 1 unspecified atom stereocenters. The molecule has 3 heterocycles. The number of nitrogens with two attached hydrogens (primary N) is 1. The Morgan fingerprint density at radius 3 is 2.18 bits per heavy atom. The minimum Gasteiger partial charge on any atom is -0.464 e. The zero-order chi connectivity index (χ0) is 40.5. The number of hydrogen-bond acceptors (Lipinski definition) is 10. The van der Waals surface area contributed by atoms with Gasteiger partial charge in [-0.3, -0.25) is 13.9 Å². The number of nitrogens with one attached hydrogen (secondary N) is 1. The largest absolute Gasteiger partial charge is 0.464 e. The number of halogens is 3. The zero-order valence-corrected chi connectivity index (χ0v) is 34.2. The third-order valence-corrected chi connectivity index (χ3v) is 11.6. The summed E-state index contributed by atoms with van der Waals surface area (Å²) < 4.78 is 74.7. The number of esters is 1. The van der Waals surface area contributed by atoms with Gasteiger partial charge in [0, 0.05) is 12.5 Å². The summed E-state index contributed by atoms with van der Waals surface area (Å²) >= 11 is 0. The first kappa shape index (κ1) is 45.6. The number of anilines is 1. The highest BCUT2D eigenvalue weighted by Crippen LogP contribution is 2.40. The van der Waals surface area contributed by atoms with Crippen molar-refractivity contribution in [3.63, 3.8) is 0 Å². The Labute approximate surface area is 329 Å². The van der Waals surface area contributed by atoms with Gasteiger partial charge in [-0.25, -0.2) is 18.9 Å². The van der Waals surface area contributed by atoms with Crippen LogP contribution in [0, 0.1) is 23.6 Å². The first-order chi connectivity index (χ1) is 26.9. The van der Waals surface area contributed by atoms with Crippen LogP contribution in [0.1, 0.15) is 142 Å². The molecule has 5 atom stereocenters. The van der Waals surface area contributed by atoms with Crippen molar-refractivity contribution in [3.05, 3.63) is 47.8 Å². The van der Waals surface area contributed by atoms with Gasteiger partial charge in [0.25, 0.3) is 8.18 Å². The van der Waals surface area contributed by atoms with Crippen molar-refractivity contribution >= 4 is 31.1 Å². The van der Waals surface area contributed by atoms with Gasteiger partial charge in [-0.15, -0.1) is 0 Å². The van der Waals surface area contributed by atoms with Crippen LogP contribution in [0.5, 0.6) is 0 Å². The van der Waals surface area contributed by atoms with Gasteiger partial charge in [-0.2, -0.15) is 14.4 Å². The van der Waals surface area contributed by atoms with Crippen molar-refractivity contribution < 1.29 is 41.6 Å². The van der Waals surface area contributed by atoms with E-state index >= 15 is 0 Å². The minimum absolute atomic E-state index is 0.0458. The zero-order valence-electron chi connectivity index (χ0n) is 33.2. The molecule has 314 valence electrons. The molecule has 0 bridgehead atoms. The number of fused-ring (bicyclic) bond motifs is 1. The number of benzene rings is 1. The molecule has 2 aromatic heterocycles. The lowest BCUT2D eigenvalue weighted by molar-refractivity contribution is -0.147. The SMILES string of the molecule is CCCCCCCCCC(CCCCCCCCC)COC(=O)[C@H](Cc1cc(F)cc(F)c1)N[PH](=O)OC[C@@]1(C)O[C@@H](n2cnc3c(N)nc(F)nc32)C[C@@H]1O. The van der Waals surface area contributed by atoms with E-state index < -0.39 is 55.8 Å². The quantitative estimate of drug-likeness (QED) is 0.0292. The standard InChI is InChI=1S/C40H62F3N6O6P/c1-4-6-8-10-12-14-16-18-28(19-17-15-13-11-9-7-5-2)25-53-38(51)32(22-29-20-30(41)23-31(42)21-29)48-56(52)54-26-40(3)33(50)24-34(55-40)49-27-45-35-36(44)46-39(43)47-37(35)49/h20-21,23,27-28,32-34,50,56H,4-19,22,24-26H2,1-3H3,(H,48,52)(H2,44,46,47)/t32-,33-,34+,40+/m0/s1. The predicted molar refractivity (Wildman–Crippen MR) is 210 cm³/mol. The molecule has 16 heteroatoms. The molecule has 0 amide bonds. The lowest BCUT2D eigenvalue weighted by Gasteiger charge is -2.28. The Balaban J connectivity index is 1.37. The average Bonchev–Trinajstić information content (AvgIpc) is 3.71. The number of hydrogen-bond donors (Lipinski definition) is 3. The van der Waals surface area contributed by atoms with Gasteiger partial charge < -0.3 is 24.8 Å². The molecule has 0 aliphatic carbocycles. The van der Waals surface area contributed by atoms with Crippen LogP contribution in [0.2, 0.25) is 0 Å². The van der Waals surface area contributed by atoms with Crippen LogP contribution >= 0.6 is 8.18 Å². The molecule has 56 heavy (non-hydrogen) atoms. The third kappa shape index (κ3) is 14.4. The fourth-order valence-electron chi connectivity index (χ4n) is 7.24. The van der Waals surface area contributed by atoms with E-state index in [-0.39, 0.29) is 54.5 Å². The monoisotopic (exact) mass is 810 g/mol. The third-order valence-electron chi connectivity index (χ3n) is 10.6. The van der Waals surface area contributed by atoms with Gasteiger partial charge >= 0.3 is 12.0 Å². The number of rotatable bonds is 27. The van der Waals surface area contributed by atoms with E-state index in [4.69, 9.17) is 19.7 Å². The lowest BCUT2D eigenvalue weighted by Crippen LogP contribution is -2.41. The number of aromatic nitrogens is 4. The second-order valence-electron chi connectivity index (χ2n) is 15.4. The Morgan fingerprint density at radius 1 is 0.982 bits per heavy atom. The van der Waals surface area contributed by atoms with Gasteiger partial charge in [0.1, 0.15) is 29.5 Å². The summed E-state index contributed by atoms with van der Waals surface area (Å²) in [5, 5.41) is 13.7. The summed E-state index contributed by atoms with van der Waals surface area (Å²) in [6.07, 6.45) is 16.6. The molecule has 1 aliphatic heterocycles. The maximum atomic E-state index is 14.2. The number of ether oxygens (including phenoxy) is 2. The summed E-state index contributed by atoms with van der Waals surface area (Å²) in [6.45, 7) is 5.80. The highest BCUT2D eigenvalue weighted by Gasteiger charge is 2.46. The maximum Gasteiger partial charge on any atom is 0.323 e. The minimum atomic E-state index is -3.21. The molecular formula is C40H62F3N6O6P. The van der Waals surface area contributed by atoms with Gasteiger partial charge in [0.15, 0.2) is 17.0 Å². The number of unbranched alkanes of at least 4 members (excludes halogenated alkanes) is 12. The maximum absolute atomic E-state index is 14.2. The van der Waals surface area contributed by atoms with Gasteiger partial charge in [0.2, 0.25) is 0 Å². The van der Waals surface area contributed by atoms with Crippen LogP contribution in [0.25, 0.3) is 11.2 Å². The van der Waals surface area contributed by atoms with Crippen LogP contribution < -0.4 is 10.8 Å². The fraction of sp³-hybridized carbons (Fsp3) is 0.700. The average molecular weight is 811 g/mol. The number of nitrogen functional groups attached to an aromatic ring is 1. The van der Waals surface area contributed by atoms with Gasteiger partial charge in [-0.05, 0) is 49.8 Å². The highest BCUT2D eigenvalue weighted by molar-refractivity contribution is 7.36. The Kier molecular flexibility index (Phi) is 19.0. The summed E-state index contributed by atoms with van der Waals surface area (Å²) in [5.74, 6) is -2.31. The fourth-order valence-corrected chi connectivity index (χ4v) is 8.25. The van der Waals surface area contributed by atoms with E-state index in [0.717, 1.165) is 56.7 Å². The van der Waals surface area contributed by atoms with Crippen LogP contribution in [0.4, 0.5) is 19.0 Å². The Morgan fingerprint density at radius 2 is 1.57 bits per heavy atom. The topological polar surface area (TPSA) is 164 Å². The number of carbonyl (C=O) groups excluding carboxylic acids is 1. The van der Waals surface area contributed by atoms with E-state index in [1.54, 1.807) is 6.92 Å². The molecule has 1 fully saturated rings. The molecule has 0 radical (unpaired) electrons. The van der Waals surface area contributed by atoms with E-state index in [1.807, 2.05) is 0 Å². The van der Waals surface area contributed by atoms with Gasteiger partial charge in [0.05, 0.1) is 25.6 Å². The molecule has 3 aromatic rings. The smallest absolute Gasteiger partial charge is 0.323 e. The van der Waals surface area contributed by atoms with Crippen LogP contribution in [0.15, 0.2) is 24.5 Å². The molecule has 0 spiro atoms. The molecule has 1 aromatic carbocycles. The van der Waals surface area contributed by atoms with Crippen molar-refractivity contribution in [2.24, 2.45) is 5.92 Å². The number of aliphatic hydroxyl groups excluding tert-OH is 1. The van der Waals surface area contributed by atoms with Crippen molar-refractivity contribution in [1.29, 1.82) is 0 Å². The molecule has 4 rings (SSSR count). The first-order valence-corrected chi connectivity index (χ1v) is 21.8. The number of aliphatic hydroxyl groups is 1. The van der Waals surface area contributed by atoms with E-state index in [0.29, 0.717) is 0 Å².